The van der Waals surface area contributed by atoms with Gasteiger partial charge >= 0.3 is 0 Å². The Kier molecular flexibility index (Phi) is 3.95. The average Bonchev–Trinajstić information content (AvgIpc) is 2.37. The van der Waals surface area contributed by atoms with Gasteiger partial charge in [-0.1, -0.05) is 23.7 Å². The maximum atomic E-state index is 13.0. The van der Waals surface area contributed by atoms with E-state index >= 15 is 0 Å². The van der Waals surface area contributed by atoms with Gasteiger partial charge in [0.05, 0.1) is 5.02 Å². The minimum atomic E-state index is -0.307. The third-order valence-corrected chi connectivity index (χ3v) is 2.67. The third-order valence-electron chi connectivity index (χ3n) is 2.38. The van der Waals surface area contributed by atoms with E-state index in [4.69, 9.17) is 16.3 Å². The first-order valence-corrected chi connectivity index (χ1v) is 5.69. The smallest absolute Gasteiger partial charge is 0.150 e. The number of carbonyl (C=O) groups is 1. The van der Waals surface area contributed by atoms with Gasteiger partial charge in [-0.05, 0) is 35.9 Å². The highest BCUT2D eigenvalue weighted by atomic mass is 35.5. The normalized spacial score (nSPS) is 10.1. The fraction of sp³-hybridized carbons (Fsp3) is 0.0714. The largest absolute Gasteiger partial charge is 0.487 e. The van der Waals surface area contributed by atoms with Crippen molar-refractivity contribution in [3.63, 3.8) is 0 Å². The number of rotatable bonds is 4. The van der Waals surface area contributed by atoms with Gasteiger partial charge in [-0.2, -0.15) is 0 Å². The number of ether oxygens (including phenoxy) is 1. The highest BCUT2D eigenvalue weighted by molar-refractivity contribution is 6.32. The Morgan fingerprint density at radius 1 is 1.22 bits per heavy atom. The molecular formula is C14H10ClFO2. The van der Waals surface area contributed by atoms with Crippen LogP contribution in [0.2, 0.25) is 5.02 Å². The number of halogens is 2. The van der Waals surface area contributed by atoms with Gasteiger partial charge in [-0.15, -0.1) is 0 Å². The summed E-state index contributed by atoms with van der Waals surface area (Å²) in [6, 6.07) is 10.9. The van der Waals surface area contributed by atoms with Crippen LogP contribution in [0.3, 0.4) is 0 Å². The Morgan fingerprint density at radius 3 is 2.72 bits per heavy atom. The summed E-state index contributed by atoms with van der Waals surface area (Å²) >= 11 is 5.95. The molecule has 2 rings (SSSR count). The predicted molar refractivity (Wildman–Crippen MR) is 67.6 cm³/mol. The first-order chi connectivity index (χ1) is 8.69. The summed E-state index contributed by atoms with van der Waals surface area (Å²) in [5.74, 6) is 0.157. The Balaban J connectivity index is 2.08. The molecule has 0 bridgehead atoms. The lowest BCUT2D eigenvalue weighted by molar-refractivity contribution is 0.112. The second-order valence-electron chi connectivity index (χ2n) is 3.73. The monoisotopic (exact) mass is 264 g/mol. The lowest BCUT2D eigenvalue weighted by atomic mass is 10.2. The van der Waals surface area contributed by atoms with E-state index in [1.807, 2.05) is 0 Å². The molecule has 4 heteroatoms. The van der Waals surface area contributed by atoms with Crippen LogP contribution in [0.4, 0.5) is 4.39 Å². The molecule has 2 nitrogen and oxygen atoms in total. The summed E-state index contributed by atoms with van der Waals surface area (Å²) in [6.07, 6.45) is 0.711. The molecule has 0 N–H and O–H groups in total. The van der Waals surface area contributed by atoms with E-state index in [9.17, 15) is 9.18 Å². The fourth-order valence-corrected chi connectivity index (χ4v) is 1.74. The highest BCUT2D eigenvalue weighted by Gasteiger charge is 2.03. The molecule has 0 unspecified atom stereocenters. The van der Waals surface area contributed by atoms with E-state index in [0.717, 1.165) is 0 Å². The molecule has 0 spiro atoms. The Labute approximate surface area is 109 Å². The number of hydrogen-bond donors (Lipinski definition) is 0. The van der Waals surface area contributed by atoms with Gasteiger partial charge in [0.15, 0.2) is 0 Å². The lowest BCUT2D eigenvalue weighted by Crippen LogP contribution is -1.96. The van der Waals surface area contributed by atoms with Crippen LogP contribution in [0.5, 0.6) is 5.75 Å². The molecule has 18 heavy (non-hydrogen) atoms. The molecule has 92 valence electrons. The van der Waals surface area contributed by atoms with Gasteiger partial charge in [0, 0.05) is 5.56 Å². The molecule has 0 amide bonds. The van der Waals surface area contributed by atoms with Crippen molar-refractivity contribution in [1.29, 1.82) is 0 Å². The van der Waals surface area contributed by atoms with Gasteiger partial charge in [0.25, 0.3) is 0 Å². The maximum Gasteiger partial charge on any atom is 0.150 e. The van der Waals surface area contributed by atoms with Crippen LogP contribution in [-0.2, 0) is 6.61 Å². The maximum absolute atomic E-state index is 13.0. The summed E-state index contributed by atoms with van der Waals surface area (Å²) in [6.45, 7) is 0.220. The minimum absolute atomic E-state index is 0.220. The quantitative estimate of drug-likeness (QED) is 0.784. The molecule has 0 saturated carbocycles. The first-order valence-electron chi connectivity index (χ1n) is 5.31. The summed E-state index contributed by atoms with van der Waals surface area (Å²) in [7, 11) is 0. The topological polar surface area (TPSA) is 26.3 Å². The SMILES string of the molecule is O=Cc1ccc(OCc2cccc(F)c2)c(Cl)c1. The van der Waals surface area contributed by atoms with Crippen molar-refractivity contribution in [3.05, 3.63) is 64.4 Å². The average molecular weight is 265 g/mol. The molecule has 0 radical (unpaired) electrons. The van der Waals surface area contributed by atoms with Gasteiger partial charge < -0.3 is 4.74 Å². The van der Waals surface area contributed by atoms with Gasteiger partial charge in [0.2, 0.25) is 0 Å². The van der Waals surface area contributed by atoms with Crippen LogP contribution in [0.1, 0.15) is 15.9 Å². The molecule has 0 aromatic heterocycles. The van der Waals surface area contributed by atoms with Crippen molar-refractivity contribution < 1.29 is 13.9 Å². The summed E-state index contributed by atoms with van der Waals surface area (Å²) < 4.78 is 18.4. The van der Waals surface area contributed by atoms with E-state index in [0.29, 0.717) is 28.2 Å². The molecule has 0 saturated heterocycles. The van der Waals surface area contributed by atoms with E-state index in [2.05, 4.69) is 0 Å². The molecule has 0 fully saturated rings. The van der Waals surface area contributed by atoms with Crippen molar-refractivity contribution in [1.82, 2.24) is 0 Å². The molecule has 2 aromatic rings. The molecule has 0 aliphatic heterocycles. The van der Waals surface area contributed by atoms with Crippen LogP contribution < -0.4 is 4.74 Å². The zero-order chi connectivity index (χ0) is 13.0. The van der Waals surface area contributed by atoms with Crippen LogP contribution in [0.15, 0.2) is 42.5 Å². The highest BCUT2D eigenvalue weighted by Crippen LogP contribution is 2.25. The standard InChI is InChI=1S/C14H10ClFO2/c15-13-7-10(8-17)4-5-14(13)18-9-11-2-1-3-12(16)6-11/h1-8H,9H2. The Morgan fingerprint density at radius 2 is 2.06 bits per heavy atom. The van der Waals surface area contributed by atoms with Crippen LogP contribution in [0.25, 0.3) is 0 Å². The first kappa shape index (κ1) is 12.6. The second-order valence-corrected chi connectivity index (χ2v) is 4.13. The van der Waals surface area contributed by atoms with E-state index < -0.39 is 0 Å². The molecule has 0 aliphatic rings. The van der Waals surface area contributed by atoms with E-state index in [1.54, 1.807) is 24.3 Å². The number of aldehydes is 1. The van der Waals surface area contributed by atoms with E-state index in [1.165, 1.54) is 18.2 Å². The molecule has 0 atom stereocenters. The minimum Gasteiger partial charge on any atom is -0.487 e. The van der Waals surface area contributed by atoms with Gasteiger partial charge in [-0.3, -0.25) is 4.79 Å². The number of benzene rings is 2. The summed E-state index contributed by atoms with van der Waals surface area (Å²) in [4.78, 5) is 10.5. The summed E-state index contributed by atoms with van der Waals surface area (Å²) in [5.41, 5.74) is 1.20. The molecule has 0 heterocycles. The van der Waals surface area contributed by atoms with Crippen molar-refractivity contribution in [3.8, 4) is 5.75 Å². The van der Waals surface area contributed by atoms with Crippen molar-refractivity contribution in [2.75, 3.05) is 0 Å². The molecular weight excluding hydrogens is 255 g/mol. The number of hydrogen-bond acceptors (Lipinski definition) is 2. The van der Waals surface area contributed by atoms with Crippen LogP contribution in [-0.4, -0.2) is 6.29 Å². The summed E-state index contributed by atoms with van der Waals surface area (Å²) in [5, 5.41) is 0.357. The van der Waals surface area contributed by atoms with E-state index in [-0.39, 0.29) is 12.4 Å². The van der Waals surface area contributed by atoms with Crippen LogP contribution in [0, 0.1) is 5.82 Å². The van der Waals surface area contributed by atoms with Gasteiger partial charge in [-0.25, -0.2) is 4.39 Å². The van der Waals surface area contributed by atoms with Gasteiger partial charge in [0.1, 0.15) is 24.5 Å². The zero-order valence-electron chi connectivity index (χ0n) is 9.40. The van der Waals surface area contributed by atoms with Crippen molar-refractivity contribution in [2.45, 2.75) is 6.61 Å². The van der Waals surface area contributed by atoms with Crippen LogP contribution >= 0.6 is 11.6 Å². The number of carbonyl (C=O) groups excluding carboxylic acids is 1. The van der Waals surface area contributed by atoms with Crippen molar-refractivity contribution in [2.24, 2.45) is 0 Å². The lowest BCUT2D eigenvalue weighted by Gasteiger charge is -2.08. The molecule has 2 aromatic carbocycles. The predicted octanol–water partition coefficient (Wildman–Crippen LogP) is 3.87. The Bertz CT molecular complexity index is 569. The zero-order valence-corrected chi connectivity index (χ0v) is 10.2. The van der Waals surface area contributed by atoms with Crippen molar-refractivity contribution >= 4 is 17.9 Å². The fourth-order valence-electron chi connectivity index (χ4n) is 1.50. The second kappa shape index (κ2) is 5.65. The third kappa shape index (κ3) is 3.08. The Hall–Kier alpha value is -1.87. The molecule has 0 aliphatic carbocycles.